The Morgan fingerprint density at radius 1 is 1.38 bits per heavy atom. The van der Waals surface area contributed by atoms with Gasteiger partial charge in [0.15, 0.2) is 17.7 Å². The highest BCUT2D eigenvalue weighted by atomic mass is 16.7. The number of nitrogens with zero attached hydrogens (tertiary/aromatic N) is 2. The van der Waals surface area contributed by atoms with Gasteiger partial charge in [-0.15, -0.1) is 0 Å². The summed E-state index contributed by atoms with van der Waals surface area (Å²) >= 11 is 0. The Hall–Kier alpha value is -1.89. The Morgan fingerprint density at radius 2 is 2.06 bits per heavy atom. The van der Waals surface area contributed by atoms with Crippen LogP contribution in [0.3, 0.4) is 0 Å². The normalized spacial score (nSPS) is 12.3. The quantitative estimate of drug-likeness (QED) is 0.572. The molecule has 0 atom stereocenters. The summed E-state index contributed by atoms with van der Waals surface area (Å²) < 4.78 is 10.6. The van der Waals surface area contributed by atoms with E-state index in [9.17, 15) is 0 Å². The maximum Gasteiger partial charge on any atom is 0.231 e. The number of hydrogen-bond acceptors (Lipinski definition) is 4. The van der Waals surface area contributed by atoms with Crippen LogP contribution in [0.15, 0.2) is 12.1 Å². The molecule has 1 aromatic carbocycles. The lowest BCUT2D eigenvalue weighted by Gasteiger charge is -2.11. The third-order valence-electron chi connectivity index (χ3n) is 2.72. The van der Waals surface area contributed by atoms with Gasteiger partial charge >= 0.3 is 0 Å². The molecule has 0 N–H and O–H groups in total. The van der Waals surface area contributed by atoms with Crippen molar-refractivity contribution < 1.29 is 9.47 Å². The van der Waals surface area contributed by atoms with Crippen molar-refractivity contribution in [3.05, 3.63) is 23.3 Å². The van der Waals surface area contributed by atoms with Gasteiger partial charge in [0.1, 0.15) is 0 Å². The molecule has 1 aromatic rings. The maximum atomic E-state index is 8.67. The van der Waals surface area contributed by atoms with Crippen LogP contribution in [0.4, 0.5) is 0 Å². The minimum Gasteiger partial charge on any atom is -0.454 e. The fourth-order valence-corrected chi connectivity index (χ4v) is 1.69. The molecule has 4 heteroatoms. The SMILES string of the molecule is Cc1cc2c(cc1CCN(C)C#N)OCO2. The van der Waals surface area contributed by atoms with Gasteiger partial charge < -0.3 is 14.4 Å². The second-order valence-electron chi connectivity index (χ2n) is 3.90. The summed E-state index contributed by atoms with van der Waals surface area (Å²) in [5.74, 6) is 1.62. The first-order valence-corrected chi connectivity index (χ1v) is 5.20. The van der Waals surface area contributed by atoms with Gasteiger partial charge in [-0.2, -0.15) is 5.26 Å². The smallest absolute Gasteiger partial charge is 0.231 e. The van der Waals surface area contributed by atoms with E-state index in [0.717, 1.165) is 24.5 Å². The molecular weight excluding hydrogens is 204 g/mol. The summed E-state index contributed by atoms with van der Waals surface area (Å²) in [6, 6.07) is 3.99. The van der Waals surface area contributed by atoms with E-state index < -0.39 is 0 Å². The van der Waals surface area contributed by atoms with Gasteiger partial charge in [-0.05, 0) is 36.6 Å². The van der Waals surface area contributed by atoms with Gasteiger partial charge in [0.2, 0.25) is 6.79 Å². The van der Waals surface area contributed by atoms with Gasteiger partial charge in [-0.25, -0.2) is 0 Å². The van der Waals surface area contributed by atoms with Crippen molar-refractivity contribution >= 4 is 0 Å². The van der Waals surface area contributed by atoms with Gasteiger partial charge in [-0.3, -0.25) is 0 Å². The first kappa shape index (κ1) is 10.6. The molecule has 0 aliphatic carbocycles. The Bertz CT molecular complexity index is 437. The van der Waals surface area contributed by atoms with Gasteiger partial charge in [0, 0.05) is 13.6 Å². The molecule has 0 spiro atoms. The summed E-state index contributed by atoms with van der Waals surface area (Å²) in [6.45, 7) is 3.07. The minimum absolute atomic E-state index is 0.302. The Labute approximate surface area is 95.0 Å². The second-order valence-corrected chi connectivity index (χ2v) is 3.90. The van der Waals surface area contributed by atoms with Crippen LogP contribution in [0, 0.1) is 18.4 Å². The number of benzene rings is 1. The standard InChI is InChI=1S/C12H14N2O2/c1-9-5-11-12(16-8-15-11)6-10(9)3-4-14(2)7-13/h5-6H,3-4,8H2,1-2H3. The van der Waals surface area contributed by atoms with E-state index in [1.165, 1.54) is 11.1 Å². The van der Waals surface area contributed by atoms with Crippen molar-refractivity contribution in [1.82, 2.24) is 4.90 Å². The summed E-state index contributed by atoms with van der Waals surface area (Å²) in [5.41, 5.74) is 2.38. The monoisotopic (exact) mass is 218 g/mol. The van der Waals surface area contributed by atoms with E-state index in [0.29, 0.717) is 6.79 Å². The Balaban J connectivity index is 2.13. The van der Waals surface area contributed by atoms with Crippen molar-refractivity contribution in [2.24, 2.45) is 0 Å². The number of nitriles is 1. The molecule has 0 saturated heterocycles. The number of fused-ring (bicyclic) bond motifs is 1. The predicted molar refractivity (Wildman–Crippen MR) is 59.2 cm³/mol. The summed E-state index contributed by atoms with van der Waals surface area (Å²) in [4.78, 5) is 1.62. The van der Waals surface area contributed by atoms with Crippen molar-refractivity contribution in [3.63, 3.8) is 0 Å². The number of likely N-dealkylation sites (N-methyl/N-ethyl adjacent to an activating group) is 1. The van der Waals surface area contributed by atoms with Crippen LogP contribution in [0.5, 0.6) is 11.5 Å². The number of ether oxygens (including phenoxy) is 2. The van der Waals surface area contributed by atoms with E-state index in [1.54, 1.807) is 11.9 Å². The van der Waals surface area contributed by atoms with Crippen molar-refractivity contribution in [2.45, 2.75) is 13.3 Å². The van der Waals surface area contributed by atoms with Crippen molar-refractivity contribution in [3.8, 4) is 17.7 Å². The summed E-state index contributed by atoms with van der Waals surface area (Å²) in [5, 5.41) is 8.67. The predicted octanol–water partition coefficient (Wildman–Crippen LogP) is 1.68. The van der Waals surface area contributed by atoms with Crippen LogP contribution >= 0.6 is 0 Å². The lowest BCUT2D eigenvalue weighted by molar-refractivity contribution is 0.174. The minimum atomic E-state index is 0.302. The van der Waals surface area contributed by atoms with Crippen LogP contribution in [0.2, 0.25) is 0 Å². The Morgan fingerprint density at radius 3 is 2.75 bits per heavy atom. The molecule has 0 fully saturated rings. The summed E-state index contributed by atoms with van der Waals surface area (Å²) in [6.07, 6.45) is 2.92. The molecule has 0 unspecified atom stereocenters. The number of aryl methyl sites for hydroxylation is 1. The highest BCUT2D eigenvalue weighted by molar-refractivity contribution is 5.48. The lowest BCUT2D eigenvalue weighted by atomic mass is 10.0. The zero-order valence-corrected chi connectivity index (χ0v) is 9.49. The molecule has 0 radical (unpaired) electrons. The summed E-state index contributed by atoms with van der Waals surface area (Å²) in [7, 11) is 1.78. The topological polar surface area (TPSA) is 45.5 Å². The average Bonchev–Trinajstić information content (AvgIpc) is 2.72. The van der Waals surface area contributed by atoms with E-state index >= 15 is 0 Å². The van der Waals surface area contributed by atoms with Gasteiger partial charge in [0.05, 0.1) is 0 Å². The average molecular weight is 218 g/mol. The van der Waals surface area contributed by atoms with E-state index in [4.69, 9.17) is 14.7 Å². The van der Waals surface area contributed by atoms with E-state index in [1.807, 2.05) is 19.1 Å². The molecule has 1 aliphatic heterocycles. The number of rotatable bonds is 3. The maximum absolute atomic E-state index is 8.67. The van der Waals surface area contributed by atoms with Gasteiger partial charge in [0.25, 0.3) is 0 Å². The van der Waals surface area contributed by atoms with Crippen LogP contribution in [0.25, 0.3) is 0 Å². The molecule has 0 saturated carbocycles. The molecule has 0 amide bonds. The molecule has 84 valence electrons. The first-order chi connectivity index (χ1) is 7.70. The third-order valence-corrected chi connectivity index (χ3v) is 2.72. The highest BCUT2D eigenvalue weighted by Crippen LogP contribution is 2.34. The van der Waals surface area contributed by atoms with Crippen LogP contribution in [0.1, 0.15) is 11.1 Å². The van der Waals surface area contributed by atoms with Crippen molar-refractivity contribution in [2.75, 3.05) is 20.4 Å². The molecule has 0 bridgehead atoms. The molecule has 1 aliphatic rings. The highest BCUT2D eigenvalue weighted by Gasteiger charge is 2.15. The molecule has 0 aromatic heterocycles. The third kappa shape index (κ3) is 2.03. The first-order valence-electron chi connectivity index (χ1n) is 5.20. The molecule has 1 heterocycles. The largest absolute Gasteiger partial charge is 0.454 e. The second kappa shape index (κ2) is 4.31. The Kier molecular flexibility index (Phi) is 2.86. The zero-order chi connectivity index (χ0) is 11.5. The van der Waals surface area contributed by atoms with Gasteiger partial charge in [-0.1, -0.05) is 0 Å². The molecular formula is C12H14N2O2. The van der Waals surface area contributed by atoms with E-state index in [2.05, 4.69) is 6.19 Å². The number of hydrogen-bond donors (Lipinski definition) is 0. The fourth-order valence-electron chi connectivity index (χ4n) is 1.69. The van der Waals surface area contributed by atoms with Crippen LogP contribution in [-0.2, 0) is 6.42 Å². The molecule has 2 rings (SSSR count). The van der Waals surface area contributed by atoms with Crippen molar-refractivity contribution in [1.29, 1.82) is 5.26 Å². The lowest BCUT2D eigenvalue weighted by Crippen LogP contribution is -2.15. The molecule has 16 heavy (non-hydrogen) atoms. The van der Waals surface area contributed by atoms with Crippen LogP contribution in [-0.4, -0.2) is 25.3 Å². The van der Waals surface area contributed by atoms with E-state index in [-0.39, 0.29) is 0 Å². The molecule has 4 nitrogen and oxygen atoms in total. The fraction of sp³-hybridized carbons (Fsp3) is 0.417. The zero-order valence-electron chi connectivity index (χ0n) is 9.49. The van der Waals surface area contributed by atoms with Crippen LogP contribution < -0.4 is 9.47 Å².